The molecule has 14 heavy (non-hydrogen) atoms. The van der Waals surface area contributed by atoms with E-state index in [1.54, 1.807) is 4.68 Å². The molecule has 74 valence electrons. The summed E-state index contributed by atoms with van der Waals surface area (Å²) < 4.78 is 1.80. The number of nitriles is 1. The van der Waals surface area contributed by atoms with Gasteiger partial charge in [0.2, 0.25) is 0 Å². The molecule has 1 aromatic rings. The summed E-state index contributed by atoms with van der Waals surface area (Å²) in [6.45, 7) is 0. The number of nitrogens with zero attached hydrogens (tertiary/aromatic N) is 3. The fraction of sp³-hybridized carbons (Fsp3) is 0.636. The average molecular weight is 189 g/mol. The van der Waals surface area contributed by atoms with Crippen molar-refractivity contribution in [3.05, 3.63) is 18.0 Å². The Balaban J connectivity index is 2.13. The van der Waals surface area contributed by atoms with Gasteiger partial charge in [0.25, 0.3) is 0 Å². The van der Waals surface area contributed by atoms with Crippen LogP contribution in [0.5, 0.6) is 0 Å². The van der Waals surface area contributed by atoms with E-state index in [-0.39, 0.29) is 5.41 Å². The summed E-state index contributed by atoms with van der Waals surface area (Å²) in [5.74, 6) is 0. The molecule has 0 unspecified atom stereocenters. The average Bonchev–Trinajstić information content (AvgIpc) is 2.77. The van der Waals surface area contributed by atoms with Gasteiger partial charge in [0, 0.05) is 13.2 Å². The van der Waals surface area contributed by atoms with Gasteiger partial charge in [0.1, 0.15) is 0 Å². The van der Waals surface area contributed by atoms with Gasteiger partial charge >= 0.3 is 0 Å². The molecule has 0 aliphatic heterocycles. The summed E-state index contributed by atoms with van der Waals surface area (Å²) in [6.07, 6.45) is 9.27. The fourth-order valence-corrected chi connectivity index (χ4v) is 2.33. The summed E-state index contributed by atoms with van der Waals surface area (Å²) >= 11 is 0. The van der Waals surface area contributed by atoms with Crippen LogP contribution in [0.25, 0.3) is 0 Å². The molecule has 0 spiro atoms. The predicted octanol–water partition coefficient (Wildman–Crippen LogP) is 2.05. The third-order valence-electron chi connectivity index (χ3n) is 3.10. The molecule has 1 aromatic heterocycles. The lowest BCUT2D eigenvalue weighted by atomic mass is 9.82. The Labute approximate surface area is 84.3 Å². The van der Waals surface area contributed by atoms with E-state index in [0.717, 1.165) is 19.3 Å². The Morgan fingerprint density at radius 2 is 2.29 bits per heavy atom. The topological polar surface area (TPSA) is 41.6 Å². The van der Waals surface area contributed by atoms with E-state index in [2.05, 4.69) is 11.2 Å². The van der Waals surface area contributed by atoms with E-state index < -0.39 is 0 Å². The third kappa shape index (κ3) is 1.65. The lowest BCUT2D eigenvalue weighted by molar-refractivity contribution is 0.408. The highest BCUT2D eigenvalue weighted by atomic mass is 15.2. The zero-order valence-corrected chi connectivity index (χ0v) is 8.53. The van der Waals surface area contributed by atoms with Gasteiger partial charge in [-0.3, -0.25) is 4.68 Å². The maximum Gasteiger partial charge on any atom is 0.0693 e. The van der Waals surface area contributed by atoms with Crippen molar-refractivity contribution in [2.24, 2.45) is 12.5 Å². The fourth-order valence-electron chi connectivity index (χ4n) is 2.33. The first-order chi connectivity index (χ1) is 6.74. The van der Waals surface area contributed by atoms with Crippen LogP contribution in [0.1, 0.15) is 31.2 Å². The van der Waals surface area contributed by atoms with E-state index in [1.165, 1.54) is 18.4 Å². The maximum atomic E-state index is 9.21. The van der Waals surface area contributed by atoms with Crippen LogP contribution >= 0.6 is 0 Å². The summed E-state index contributed by atoms with van der Waals surface area (Å²) in [5.41, 5.74) is 1.10. The van der Waals surface area contributed by atoms with Crippen molar-refractivity contribution < 1.29 is 0 Å². The van der Waals surface area contributed by atoms with Crippen LogP contribution in [0.4, 0.5) is 0 Å². The number of hydrogen-bond donors (Lipinski definition) is 0. The molecule has 1 aliphatic rings. The first-order valence-corrected chi connectivity index (χ1v) is 5.13. The number of aromatic nitrogens is 2. The molecular formula is C11H15N3. The van der Waals surface area contributed by atoms with Crippen LogP contribution in [0.15, 0.2) is 12.4 Å². The first kappa shape index (κ1) is 9.26. The van der Waals surface area contributed by atoms with E-state index >= 15 is 0 Å². The van der Waals surface area contributed by atoms with Crippen molar-refractivity contribution in [3.63, 3.8) is 0 Å². The molecular weight excluding hydrogens is 174 g/mol. The standard InChI is InChI=1S/C11H15N3/c1-14-8-10(7-13-14)6-11(9-12)4-2-3-5-11/h7-8H,2-6H2,1H3. The van der Waals surface area contributed by atoms with Crippen LogP contribution in [0.3, 0.4) is 0 Å². The molecule has 0 atom stereocenters. The van der Waals surface area contributed by atoms with Crippen molar-refractivity contribution in [2.45, 2.75) is 32.1 Å². The highest BCUT2D eigenvalue weighted by Gasteiger charge is 2.34. The maximum absolute atomic E-state index is 9.21. The summed E-state index contributed by atoms with van der Waals surface area (Å²) in [6, 6.07) is 2.50. The summed E-state index contributed by atoms with van der Waals surface area (Å²) in [4.78, 5) is 0. The number of rotatable bonds is 2. The van der Waals surface area contributed by atoms with Gasteiger partial charge in [-0.25, -0.2) is 0 Å². The molecule has 0 amide bonds. The van der Waals surface area contributed by atoms with Crippen LogP contribution in [0.2, 0.25) is 0 Å². The minimum absolute atomic E-state index is 0.0942. The van der Waals surface area contributed by atoms with Crippen molar-refractivity contribution >= 4 is 0 Å². The lowest BCUT2D eigenvalue weighted by Gasteiger charge is -2.18. The molecule has 1 aliphatic carbocycles. The van der Waals surface area contributed by atoms with Crippen molar-refractivity contribution in [1.82, 2.24) is 9.78 Å². The van der Waals surface area contributed by atoms with Gasteiger partial charge in [-0.1, -0.05) is 12.8 Å². The molecule has 1 heterocycles. The second-order valence-corrected chi connectivity index (χ2v) is 4.30. The molecule has 3 nitrogen and oxygen atoms in total. The minimum Gasteiger partial charge on any atom is -0.276 e. The number of hydrogen-bond acceptors (Lipinski definition) is 2. The SMILES string of the molecule is Cn1cc(CC2(C#N)CCCC2)cn1. The highest BCUT2D eigenvalue weighted by Crippen LogP contribution is 2.40. The lowest BCUT2D eigenvalue weighted by Crippen LogP contribution is -2.16. The van der Waals surface area contributed by atoms with Crippen LogP contribution in [-0.4, -0.2) is 9.78 Å². The summed E-state index contributed by atoms with van der Waals surface area (Å²) in [5, 5.41) is 13.3. The van der Waals surface area contributed by atoms with Gasteiger partial charge in [-0.2, -0.15) is 10.4 Å². The normalized spacial score (nSPS) is 19.4. The smallest absolute Gasteiger partial charge is 0.0693 e. The quantitative estimate of drug-likeness (QED) is 0.714. The molecule has 0 aromatic carbocycles. The Hall–Kier alpha value is -1.30. The first-order valence-electron chi connectivity index (χ1n) is 5.13. The van der Waals surface area contributed by atoms with Crippen LogP contribution < -0.4 is 0 Å². The molecule has 0 saturated heterocycles. The van der Waals surface area contributed by atoms with Gasteiger partial charge < -0.3 is 0 Å². The van der Waals surface area contributed by atoms with Crippen molar-refractivity contribution in [3.8, 4) is 6.07 Å². The van der Waals surface area contributed by atoms with Crippen molar-refractivity contribution in [1.29, 1.82) is 5.26 Å². The second kappa shape index (κ2) is 3.45. The predicted molar refractivity (Wildman–Crippen MR) is 53.4 cm³/mol. The molecule has 3 heteroatoms. The molecule has 0 bridgehead atoms. The Morgan fingerprint density at radius 1 is 1.57 bits per heavy atom. The number of aryl methyl sites for hydroxylation is 1. The Morgan fingerprint density at radius 3 is 2.79 bits per heavy atom. The molecule has 0 N–H and O–H groups in total. The highest BCUT2D eigenvalue weighted by molar-refractivity contribution is 5.14. The molecule has 1 fully saturated rings. The Bertz CT molecular complexity index is 353. The van der Waals surface area contributed by atoms with Gasteiger partial charge in [-0.05, 0) is 24.8 Å². The van der Waals surface area contributed by atoms with Crippen LogP contribution in [0, 0.1) is 16.7 Å². The van der Waals surface area contributed by atoms with Gasteiger partial charge in [0.15, 0.2) is 0 Å². The molecule has 1 saturated carbocycles. The van der Waals surface area contributed by atoms with E-state index in [0.29, 0.717) is 0 Å². The van der Waals surface area contributed by atoms with Gasteiger partial charge in [-0.15, -0.1) is 0 Å². The third-order valence-corrected chi connectivity index (χ3v) is 3.10. The van der Waals surface area contributed by atoms with Crippen LogP contribution in [-0.2, 0) is 13.5 Å². The molecule has 0 radical (unpaired) electrons. The van der Waals surface area contributed by atoms with E-state index in [4.69, 9.17) is 0 Å². The second-order valence-electron chi connectivity index (χ2n) is 4.30. The van der Waals surface area contributed by atoms with Crippen molar-refractivity contribution in [2.75, 3.05) is 0 Å². The largest absolute Gasteiger partial charge is 0.276 e. The van der Waals surface area contributed by atoms with E-state index in [9.17, 15) is 5.26 Å². The zero-order chi connectivity index (χ0) is 10.0. The summed E-state index contributed by atoms with van der Waals surface area (Å²) in [7, 11) is 1.91. The minimum atomic E-state index is -0.0942. The molecule has 2 rings (SSSR count). The Kier molecular flexibility index (Phi) is 2.28. The zero-order valence-electron chi connectivity index (χ0n) is 8.53. The van der Waals surface area contributed by atoms with Gasteiger partial charge in [0.05, 0.1) is 17.7 Å². The van der Waals surface area contributed by atoms with E-state index in [1.807, 2.05) is 19.4 Å². The monoisotopic (exact) mass is 189 g/mol.